The highest BCUT2D eigenvalue weighted by atomic mass is 16.6. The van der Waals surface area contributed by atoms with Gasteiger partial charge in [-0.3, -0.25) is 34.3 Å². The van der Waals surface area contributed by atoms with Crippen molar-refractivity contribution in [1.29, 1.82) is 0 Å². The minimum absolute atomic E-state index is 0.0548. The summed E-state index contributed by atoms with van der Waals surface area (Å²) in [5, 5.41) is 27.9. The number of aliphatic hydroxyl groups is 1. The van der Waals surface area contributed by atoms with Crippen molar-refractivity contribution in [3.8, 4) is 11.5 Å². The topological polar surface area (TPSA) is 225 Å². The fraction of sp³-hybridized carbons (Fsp3) is 0.326. The number of imide groups is 2. The molecular weight excluding hydrogens is 785 g/mol. The van der Waals surface area contributed by atoms with Crippen molar-refractivity contribution in [2.24, 2.45) is 0 Å². The number of carbonyl (C=O) groups excluding carboxylic acids is 5. The van der Waals surface area contributed by atoms with Gasteiger partial charge in [-0.2, -0.15) is 4.98 Å². The first kappa shape index (κ1) is 39.4. The second-order valence-electron chi connectivity index (χ2n) is 15.8. The molecule has 9 rings (SSSR count). The predicted molar refractivity (Wildman–Crippen MR) is 219 cm³/mol. The molecule has 4 N–H and O–H groups in total. The molecule has 0 spiro atoms. The normalized spacial score (nSPS) is 19.1. The molecule has 2 atom stereocenters. The number of carbonyl (C=O) groups is 5. The maximum Gasteiger partial charge on any atom is 0.339 e. The molecule has 0 aliphatic carbocycles. The van der Waals surface area contributed by atoms with Crippen molar-refractivity contribution < 1.29 is 38.2 Å². The summed E-state index contributed by atoms with van der Waals surface area (Å²) in [4.78, 5) is 78.3. The van der Waals surface area contributed by atoms with Crippen molar-refractivity contribution in [3.63, 3.8) is 0 Å². The molecule has 2 aromatic heterocycles. The van der Waals surface area contributed by atoms with E-state index in [0.717, 1.165) is 16.0 Å². The van der Waals surface area contributed by atoms with Gasteiger partial charge in [-0.15, -0.1) is 10.2 Å². The Hall–Kier alpha value is -7.05. The quantitative estimate of drug-likeness (QED) is 0.104. The second kappa shape index (κ2) is 15.9. The number of esters is 1. The Morgan fingerprint density at radius 2 is 1.72 bits per heavy atom. The van der Waals surface area contributed by atoms with Crippen molar-refractivity contribution in [3.05, 3.63) is 107 Å². The summed E-state index contributed by atoms with van der Waals surface area (Å²) in [6, 6.07) is 18.4. The molecular formula is C43H42N10O8. The number of nitrogens with zero attached hydrogens (tertiary/aromatic N) is 7. The number of cyclic esters (lactones) is 1. The number of ether oxygens (including phenoxy) is 1. The van der Waals surface area contributed by atoms with Gasteiger partial charge in [-0.25, -0.2) is 9.78 Å². The monoisotopic (exact) mass is 826 g/mol. The number of aromatic nitrogens is 4. The third-order valence-corrected chi connectivity index (χ3v) is 11.5. The fourth-order valence-electron chi connectivity index (χ4n) is 8.25. The van der Waals surface area contributed by atoms with Crippen molar-refractivity contribution in [2.45, 2.75) is 50.8 Å². The van der Waals surface area contributed by atoms with Crippen LogP contribution in [0.15, 0.2) is 77.3 Å². The Kier molecular flexibility index (Phi) is 10.2. The van der Waals surface area contributed by atoms with Crippen molar-refractivity contribution in [2.75, 3.05) is 54.9 Å². The van der Waals surface area contributed by atoms with Crippen LogP contribution in [0.5, 0.6) is 0 Å². The Bertz CT molecular complexity index is 2570. The molecule has 2 saturated heterocycles. The summed E-state index contributed by atoms with van der Waals surface area (Å²) in [6.45, 7) is 6.54. The van der Waals surface area contributed by atoms with E-state index in [-0.39, 0.29) is 48.4 Å². The lowest BCUT2D eigenvalue weighted by atomic mass is 9.95. The first-order chi connectivity index (χ1) is 29.5. The van der Waals surface area contributed by atoms with E-state index in [2.05, 4.69) is 40.9 Å². The van der Waals surface area contributed by atoms with Crippen LogP contribution in [0.25, 0.3) is 11.5 Å². The molecule has 18 heteroatoms. The number of fused-ring (bicyclic) bond motifs is 2. The lowest BCUT2D eigenvalue weighted by molar-refractivity contribution is -0.136. The molecule has 6 heterocycles. The number of piperidine rings is 1. The number of amides is 4. The third-order valence-electron chi connectivity index (χ3n) is 11.5. The minimum atomic E-state index is -1.03. The summed E-state index contributed by atoms with van der Waals surface area (Å²) in [5.74, 6) is -1.30. The van der Waals surface area contributed by atoms with Crippen LogP contribution in [0.1, 0.15) is 80.8 Å². The van der Waals surface area contributed by atoms with Crippen LogP contribution in [-0.4, -0.2) is 110 Å². The molecule has 61 heavy (non-hydrogen) atoms. The Balaban J connectivity index is 0.877. The molecule has 4 amide bonds. The van der Waals surface area contributed by atoms with Crippen LogP contribution in [-0.2, 0) is 26.3 Å². The summed E-state index contributed by atoms with van der Waals surface area (Å²) in [7, 11) is 0. The molecule has 4 aliphatic heterocycles. The minimum Gasteiger partial charge on any atom is -0.451 e. The molecule has 0 bridgehead atoms. The summed E-state index contributed by atoms with van der Waals surface area (Å²) in [5.41, 5.74) is 3.56. The standard InChI is InChI=1S/C43H42N10O8/c1-43(2)29-21-25(11-12-26(29)41(59)61-43)45-42-44-22-28(36(48-42)46-30(23-54)24-7-4-3-5-8-24)38-50-49-34(60-38)15-16-51-17-19-52(20-18-51)31-10-6-9-27-35(31)40(58)53(39(27)57)32-13-14-33(55)47-37(32)56/h3-12,21-22,30,32,54H,13-20,23H2,1-2H3,(H,47,55,56)(H2,44,45,46,48)/t30-,32?/m1/s1. The highest BCUT2D eigenvalue weighted by Crippen LogP contribution is 2.38. The van der Waals surface area contributed by atoms with E-state index < -0.39 is 41.3 Å². The highest BCUT2D eigenvalue weighted by Gasteiger charge is 2.46. The number of aliphatic hydroxyl groups excluding tert-OH is 1. The maximum atomic E-state index is 13.7. The lowest BCUT2D eigenvalue weighted by Crippen LogP contribution is -2.54. The van der Waals surface area contributed by atoms with Gasteiger partial charge in [-0.1, -0.05) is 36.4 Å². The van der Waals surface area contributed by atoms with Crippen molar-refractivity contribution in [1.82, 2.24) is 35.3 Å². The zero-order chi connectivity index (χ0) is 42.4. The second-order valence-corrected chi connectivity index (χ2v) is 15.8. The largest absolute Gasteiger partial charge is 0.451 e. The van der Waals surface area contributed by atoms with E-state index in [1.54, 1.807) is 30.5 Å². The molecule has 4 aliphatic rings. The van der Waals surface area contributed by atoms with Gasteiger partial charge in [0.15, 0.2) is 0 Å². The zero-order valence-corrected chi connectivity index (χ0v) is 33.4. The van der Waals surface area contributed by atoms with Crippen LogP contribution >= 0.6 is 0 Å². The number of anilines is 4. The Labute approximate surface area is 349 Å². The molecule has 0 radical (unpaired) electrons. The number of hydrogen-bond donors (Lipinski definition) is 4. The number of benzene rings is 3. The maximum absolute atomic E-state index is 13.7. The lowest BCUT2D eigenvalue weighted by Gasteiger charge is -2.36. The van der Waals surface area contributed by atoms with Gasteiger partial charge >= 0.3 is 5.97 Å². The molecule has 0 saturated carbocycles. The molecule has 18 nitrogen and oxygen atoms in total. The Morgan fingerprint density at radius 3 is 2.49 bits per heavy atom. The van der Waals surface area contributed by atoms with Crippen LogP contribution in [0.3, 0.4) is 0 Å². The van der Waals surface area contributed by atoms with Gasteiger partial charge in [0.25, 0.3) is 17.7 Å². The van der Waals surface area contributed by atoms with Gasteiger partial charge in [0, 0.05) is 63.0 Å². The van der Waals surface area contributed by atoms with E-state index in [1.807, 2.05) is 56.3 Å². The van der Waals surface area contributed by atoms with Gasteiger partial charge < -0.3 is 29.8 Å². The van der Waals surface area contributed by atoms with Crippen LogP contribution in [0, 0.1) is 0 Å². The van der Waals surface area contributed by atoms with E-state index in [1.165, 1.54) is 0 Å². The highest BCUT2D eigenvalue weighted by molar-refractivity contribution is 6.25. The number of hydrogen-bond acceptors (Lipinski definition) is 16. The van der Waals surface area contributed by atoms with E-state index in [9.17, 15) is 29.1 Å². The summed E-state index contributed by atoms with van der Waals surface area (Å²) >= 11 is 0. The van der Waals surface area contributed by atoms with Crippen LogP contribution in [0.4, 0.5) is 23.1 Å². The fourth-order valence-corrected chi connectivity index (χ4v) is 8.25. The van der Waals surface area contributed by atoms with E-state index in [0.29, 0.717) is 73.4 Å². The molecule has 1 unspecified atom stereocenters. The van der Waals surface area contributed by atoms with Gasteiger partial charge in [0.2, 0.25) is 23.7 Å². The van der Waals surface area contributed by atoms with Crippen LogP contribution in [0.2, 0.25) is 0 Å². The average molecular weight is 827 g/mol. The Morgan fingerprint density at radius 1 is 0.918 bits per heavy atom. The molecule has 3 aromatic carbocycles. The van der Waals surface area contributed by atoms with Gasteiger partial charge in [0.05, 0.1) is 40.6 Å². The number of rotatable bonds is 12. The first-order valence-corrected chi connectivity index (χ1v) is 20.1. The van der Waals surface area contributed by atoms with E-state index >= 15 is 0 Å². The number of piperazine rings is 1. The molecule has 2 fully saturated rings. The summed E-state index contributed by atoms with van der Waals surface area (Å²) in [6.07, 6.45) is 2.17. The number of nitrogens with one attached hydrogen (secondary N) is 3. The van der Waals surface area contributed by atoms with Crippen molar-refractivity contribution >= 4 is 52.7 Å². The van der Waals surface area contributed by atoms with Gasteiger partial charge in [-0.05, 0) is 56.2 Å². The average Bonchev–Trinajstić information content (AvgIpc) is 3.90. The molecule has 5 aromatic rings. The third kappa shape index (κ3) is 7.55. The first-order valence-electron chi connectivity index (χ1n) is 20.1. The van der Waals surface area contributed by atoms with Gasteiger partial charge in [0.1, 0.15) is 17.5 Å². The van der Waals surface area contributed by atoms with Crippen LogP contribution < -0.4 is 20.9 Å². The molecule has 312 valence electrons. The predicted octanol–water partition coefficient (Wildman–Crippen LogP) is 3.59. The SMILES string of the molecule is CC1(C)OC(=O)c2ccc(Nc3ncc(-c4nnc(CCN5CCN(c6cccc7c6C(=O)N(C6CCC(=O)NC6=O)C7=O)CC5)o4)c(N[C@H](CO)c4ccccc4)n3)cc21. The summed E-state index contributed by atoms with van der Waals surface area (Å²) < 4.78 is 11.7. The van der Waals surface area contributed by atoms with E-state index in [4.69, 9.17) is 14.1 Å². The smallest absolute Gasteiger partial charge is 0.339 e. The zero-order valence-electron chi connectivity index (χ0n) is 33.4.